The molecule has 1 fully saturated rings. The molecule has 0 radical (unpaired) electrons. The predicted octanol–water partition coefficient (Wildman–Crippen LogP) is 7.72. The smallest absolute Gasteiger partial charge is 0.238 e. The second kappa shape index (κ2) is 20.6. The van der Waals surface area contributed by atoms with Gasteiger partial charge in [-0.05, 0) is 74.1 Å². The molecule has 1 aromatic heterocycles. The molecule has 1 aliphatic rings. The van der Waals surface area contributed by atoms with E-state index in [1.807, 2.05) is 19.9 Å². The van der Waals surface area contributed by atoms with Gasteiger partial charge in [-0.2, -0.15) is 0 Å². The van der Waals surface area contributed by atoms with Gasteiger partial charge in [-0.15, -0.1) is 0 Å². The molecule has 0 amide bonds. The minimum atomic E-state index is -1.62. The number of phenols is 1. The van der Waals surface area contributed by atoms with Crippen LogP contribution in [0.25, 0.3) is 22.3 Å². The third-order valence-corrected chi connectivity index (χ3v) is 11.4. The lowest BCUT2D eigenvalue weighted by molar-refractivity contribution is -0.290. The average Bonchev–Trinajstić information content (AvgIpc) is 3.18. The minimum Gasteiger partial charge on any atom is -0.507 e. The molecule has 4 rings (SSSR count). The third kappa shape index (κ3) is 11.0. The van der Waals surface area contributed by atoms with Gasteiger partial charge >= 0.3 is 0 Å². The van der Waals surface area contributed by atoms with Crippen molar-refractivity contribution in [2.24, 2.45) is 23.7 Å². The lowest BCUT2D eigenvalue weighted by Crippen LogP contribution is -2.61. The zero-order valence-electron chi connectivity index (χ0n) is 34.5. The molecule has 5 N–H and O–H groups in total. The van der Waals surface area contributed by atoms with Crippen molar-refractivity contribution in [3.05, 3.63) is 52.2 Å². The van der Waals surface area contributed by atoms with E-state index >= 15 is 0 Å². The lowest BCUT2D eigenvalue weighted by atomic mass is 9.85. The van der Waals surface area contributed by atoms with Gasteiger partial charge in [0.05, 0.1) is 26.9 Å². The van der Waals surface area contributed by atoms with Gasteiger partial charge in [0.2, 0.25) is 17.5 Å². The molecule has 0 aliphatic carbocycles. The van der Waals surface area contributed by atoms with E-state index in [1.54, 1.807) is 12.1 Å². The SMILES string of the molecule is CC=C(C)[C@@H](CCC(C)CCCC(C)C(C)CCC(C)C)OC1C(CO)OC(Oc2cc(O)c3c(=O)c(O)c(-c4ccc(OC)c(OC)c4)oc3c2)C(O)C1O. The van der Waals surface area contributed by atoms with E-state index in [-0.39, 0.29) is 28.6 Å². The Kier molecular flexibility index (Phi) is 16.5. The van der Waals surface area contributed by atoms with Gasteiger partial charge in [-0.1, -0.05) is 72.8 Å². The van der Waals surface area contributed by atoms with Crippen LogP contribution in [0.5, 0.6) is 28.7 Å². The predicted molar refractivity (Wildman–Crippen MR) is 215 cm³/mol. The maximum atomic E-state index is 13.2. The van der Waals surface area contributed by atoms with Gasteiger partial charge in [0.1, 0.15) is 46.9 Å². The Morgan fingerprint density at radius 1 is 0.875 bits per heavy atom. The highest BCUT2D eigenvalue weighted by Crippen LogP contribution is 2.39. The Balaban J connectivity index is 1.45. The molecule has 9 atom stereocenters. The Morgan fingerprint density at radius 2 is 1.57 bits per heavy atom. The van der Waals surface area contributed by atoms with Gasteiger partial charge in [0.15, 0.2) is 17.3 Å². The molecule has 3 aromatic rings. The number of phenolic OH excluding ortho intramolecular Hbond substituents is 1. The quantitative estimate of drug-likeness (QED) is 0.0706. The van der Waals surface area contributed by atoms with Crippen molar-refractivity contribution in [1.82, 2.24) is 0 Å². The van der Waals surface area contributed by atoms with E-state index in [0.29, 0.717) is 41.2 Å². The van der Waals surface area contributed by atoms with Crippen LogP contribution in [0, 0.1) is 23.7 Å². The summed E-state index contributed by atoms with van der Waals surface area (Å²) >= 11 is 0. The van der Waals surface area contributed by atoms with Crippen molar-refractivity contribution in [2.75, 3.05) is 20.8 Å². The van der Waals surface area contributed by atoms with E-state index in [0.717, 1.165) is 30.4 Å². The van der Waals surface area contributed by atoms with Crippen LogP contribution in [0.2, 0.25) is 0 Å². The maximum absolute atomic E-state index is 13.2. The van der Waals surface area contributed by atoms with E-state index in [2.05, 4.69) is 34.6 Å². The molecular formula is C44H64O12. The number of aliphatic hydroxyl groups is 3. The van der Waals surface area contributed by atoms with Crippen LogP contribution < -0.4 is 19.6 Å². The first-order valence-electron chi connectivity index (χ1n) is 20.0. The summed E-state index contributed by atoms with van der Waals surface area (Å²) in [5.74, 6) is 1.80. The zero-order valence-corrected chi connectivity index (χ0v) is 34.5. The van der Waals surface area contributed by atoms with E-state index in [9.17, 15) is 30.3 Å². The summed E-state index contributed by atoms with van der Waals surface area (Å²) in [4.78, 5) is 13.2. The second-order valence-corrected chi connectivity index (χ2v) is 16.0. The highest BCUT2D eigenvalue weighted by Gasteiger charge is 2.47. The molecule has 312 valence electrons. The molecule has 2 aromatic carbocycles. The number of benzene rings is 2. The van der Waals surface area contributed by atoms with Crippen molar-refractivity contribution in [2.45, 2.75) is 130 Å². The summed E-state index contributed by atoms with van der Waals surface area (Å²) in [6.45, 7) is 14.9. The summed E-state index contributed by atoms with van der Waals surface area (Å²) in [5.41, 5.74) is 0.238. The summed E-state index contributed by atoms with van der Waals surface area (Å²) < 4.78 is 34.8. The molecule has 2 heterocycles. The molecule has 56 heavy (non-hydrogen) atoms. The standard InChI is InChI=1S/C44H64O12/c1-10-26(5)32(18-15-25(4)12-11-13-27(6)28(7)16-14-24(2)3)54-43-36(23-45)56-44(41(50)40(43)49)53-30-21-31(46)37-35(22-30)55-42(39(48)38(37)47)29-17-19-33(51-8)34(20-29)52-9/h10,17,19-22,24-25,27-28,32,36,40-41,43-46,48-50H,11-16,18,23H2,1-9H3/t25?,27?,28?,32-,36?,40?,41?,43?,44?/m1/s1. The average molecular weight is 785 g/mol. The lowest BCUT2D eigenvalue weighted by Gasteiger charge is -2.43. The molecule has 0 spiro atoms. The number of rotatable bonds is 20. The highest BCUT2D eigenvalue weighted by atomic mass is 16.7. The van der Waals surface area contributed by atoms with Crippen LogP contribution in [0.1, 0.15) is 93.4 Å². The number of hydrogen-bond donors (Lipinski definition) is 5. The fourth-order valence-electron chi connectivity index (χ4n) is 7.27. The summed E-state index contributed by atoms with van der Waals surface area (Å²) in [5, 5.41) is 54.3. The van der Waals surface area contributed by atoms with Crippen molar-refractivity contribution < 1.29 is 53.6 Å². The van der Waals surface area contributed by atoms with E-state index in [4.69, 9.17) is 28.1 Å². The molecule has 12 heteroatoms. The van der Waals surface area contributed by atoms with Crippen molar-refractivity contribution in [1.29, 1.82) is 0 Å². The first-order chi connectivity index (χ1) is 26.6. The largest absolute Gasteiger partial charge is 0.507 e. The Morgan fingerprint density at radius 3 is 2.21 bits per heavy atom. The Bertz CT molecular complexity index is 1800. The van der Waals surface area contributed by atoms with Crippen molar-refractivity contribution >= 4 is 11.0 Å². The number of hydrogen-bond acceptors (Lipinski definition) is 12. The van der Waals surface area contributed by atoms with Gasteiger partial charge in [-0.3, -0.25) is 4.79 Å². The Labute approximate surface area is 331 Å². The number of allylic oxidation sites excluding steroid dienone is 1. The number of aromatic hydroxyl groups is 2. The molecule has 12 nitrogen and oxygen atoms in total. The first-order valence-corrected chi connectivity index (χ1v) is 20.0. The minimum absolute atomic E-state index is 0.0783. The topological polar surface area (TPSA) is 178 Å². The monoisotopic (exact) mass is 784 g/mol. The molecular weight excluding hydrogens is 720 g/mol. The first kappa shape index (κ1) is 44.9. The van der Waals surface area contributed by atoms with Crippen LogP contribution in [0.4, 0.5) is 0 Å². The van der Waals surface area contributed by atoms with Crippen molar-refractivity contribution in [3.8, 4) is 40.1 Å². The van der Waals surface area contributed by atoms with Crippen LogP contribution in [-0.2, 0) is 9.47 Å². The Hall–Kier alpha value is -3.81. The third-order valence-electron chi connectivity index (χ3n) is 11.4. The van der Waals surface area contributed by atoms with Gasteiger partial charge in [-0.25, -0.2) is 0 Å². The van der Waals surface area contributed by atoms with E-state index in [1.165, 1.54) is 52.0 Å². The highest BCUT2D eigenvalue weighted by molar-refractivity contribution is 5.88. The number of fused-ring (bicyclic) bond motifs is 1. The molecule has 1 saturated heterocycles. The van der Waals surface area contributed by atoms with Crippen LogP contribution in [0.15, 0.2) is 51.2 Å². The van der Waals surface area contributed by atoms with Crippen LogP contribution in [0.3, 0.4) is 0 Å². The maximum Gasteiger partial charge on any atom is 0.238 e. The van der Waals surface area contributed by atoms with Crippen LogP contribution in [-0.4, -0.2) is 83.2 Å². The molecule has 8 unspecified atom stereocenters. The summed E-state index contributed by atoms with van der Waals surface area (Å²) in [7, 11) is 2.91. The summed E-state index contributed by atoms with van der Waals surface area (Å²) in [6.07, 6.45) is 2.44. The normalized spacial score (nSPS) is 22.5. The number of ether oxygens (including phenoxy) is 5. The van der Waals surface area contributed by atoms with Gasteiger partial charge < -0.3 is 53.6 Å². The van der Waals surface area contributed by atoms with Gasteiger partial charge in [0, 0.05) is 17.7 Å². The molecule has 1 aliphatic heterocycles. The zero-order chi connectivity index (χ0) is 41.3. The molecule has 0 saturated carbocycles. The fraction of sp³-hybridized carbons (Fsp3) is 0.614. The molecule has 0 bridgehead atoms. The number of aliphatic hydroxyl groups excluding tert-OH is 3. The fourth-order valence-corrected chi connectivity index (χ4v) is 7.27. The van der Waals surface area contributed by atoms with E-state index < -0.39 is 54.2 Å². The van der Waals surface area contributed by atoms with Gasteiger partial charge in [0.25, 0.3) is 0 Å². The van der Waals surface area contributed by atoms with Crippen molar-refractivity contribution in [3.63, 3.8) is 0 Å². The van der Waals surface area contributed by atoms with Crippen LogP contribution >= 0.6 is 0 Å². The number of methoxy groups -OCH3 is 2. The second-order valence-electron chi connectivity index (χ2n) is 16.0. The summed E-state index contributed by atoms with van der Waals surface area (Å²) in [6, 6.07) is 7.06.